The van der Waals surface area contributed by atoms with Gasteiger partial charge >= 0.3 is 5.97 Å². The second kappa shape index (κ2) is 7.62. The van der Waals surface area contributed by atoms with E-state index in [2.05, 4.69) is 4.98 Å². The largest absolute Gasteiger partial charge is 0.465 e. The van der Waals surface area contributed by atoms with E-state index >= 15 is 0 Å². The van der Waals surface area contributed by atoms with Gasteiger partial charge in [0.05, 0.1) is 18.4 Å². The van der Waals surface area contributed by atoms with Gasteiger partial charge < -0.3 is 9.72 Å². The molecule has 1 heterocycles. The zero-order valence-electron chi connectivity index (χ0n) is 14.0. The fraction of sp³-hybridized carbons (Fsp3) is 0.143. The number of esters is 1. The van der Waals surface area contributed by atoms with Crippen LogP contribution in [0, 0.1) is 0 Å². The van der Waals surface area contributed by atoms with E-state index in [9.17, 15) is 9.59 Å². The van der Waals surface area contributed by atoms with E-state index in [1.807, 2.05) is 60.7 Å². The molecule has 4 heteroatoms. The Morgan fingerprint density at radius 2 is 1.80 bits per heavy atom. The number of carbonyl (C=O) groups is 2. The molecule has 0 spiro atoms. The summed E-state index contributed by atoms with van der Waals surface area (Å²) in [6.45, 7) is 0. The van der Waals surface area contributed by atoms with Gasteiger partial charge in [0.25, 0.3) is 0 Å². The number of aromatic nitrogens is 1. The van der Waals surface area contributed by atoms with Crippen molar-refractivity contribution in [3.8, 4) is 0 Å². The predicted octanol–water partition coefficient (Wildman–Crippen LogP) is 4.17. The van der Waals surface area contributed by atoms with Crippen molar-refractivity contribution in [2.75, 3.05) is 7.11 Å². The molecule has 0 amide bonds. The van der Waals surface area contributed by atoms with Crippen molar-refractivity contribution in [2.24, 2.45) is 0 Å². The van der Waals surface area contributed by atoms with Gasteiger partial charge in [0.1, 0.15) is 0 Å². The predicted molar refractivity (Wildman–Crippen MR) is 98.4 cm³/mol. The van der Waals surface area contributed by atoms with Crippen LogP contribution in [-0.2, 0) is 16.0 Å². The monoisotopic (exact) mass is 333 g/mol. The number of fused-ring (bicyclic) bond motifs is 1. The number of nitrogens with one attached hydrogen (secondary N) is 1. The molecule has 3 rings (SSSR count). The van der Waals surface area contributed by atoms with E-state index < -0.39 is 5.97 Å². The Bertz CT molecular complexity index is 923. The van der Waals surface area contributed by atoms with Crippen LogP contribution in [0.15, 0.2) is 60.7 Å². The smallest absolute Gasteiger partial charge is 0.339 e. The zero-order valence-corrected chi connectivity index (χ0v) is 14.0. The van der Waals surface area contributed by atoms with E-state index in [1.54, 1.807) is 0 Å². The number of hydrogen-bond donors (Lipinski definition) is 1. The van der Waals surface area contributed by atoms with Crippen molar-refractivity contribution >= 4 is 28.7 Å². The Labute approximate surface area is 146 Å². The van der Waals surface area contributed by atoms with Crippen molar-refractivity contribution in [1.82, 2.24) is 4.98 Å². The molecule has 0 atom stereocenters. The highest BCUT2D eigenvalue weighted by Gasteiger charge is 2.20. The second-order valence-corrected chi connectivity index (χ2v) is 5.71. The fourth-order valence-corrected chi connectivity index (χ4v) is 2.92. The topological polar surface area (TPSA) is 59.2 Å². The normalized spacial score (nSPS) is 11.5. The lowest BCUT2D eigenvalue weighted by Crippen LogP contribution is -2.06. The van der Waals surface area contributed by atoms with Crippen LogP contribution in [0.3, 0.4) is 0 Å². The van der Waals surface area contributed by atoms with Crippen LogP contribution < -0.4 is 0 Å². The van der Waals surface area contributed by atoms with Crippen molar-refractivity contribution in [3.63, 3.8) is 0 Å². The number of ether oxygens (including phenoxy) is 1. The standard InChI is InChI=1S/C21H19NO3/c1-25-21(24)17(12-7-10-15-8-3-2-4-9-15)20-18(14-23)16-11-5-6-13-19(16)22-20/h2-6,8-9,11-14,22H,7,10H2,1H3/b17-12-. The summed E-state index contributed by atoms with van der Waals surface area (Å²) in [4.78, 5) is 27.1. The van der Waals surface area contributed by atoms with Crippen LogP contribution in [0.2, 0.25) is 0 Å². The highest BCUT2D eigenvalue weighted by atomic mass is 16.5. The second-order valence-electron chi connectivity index (χ2n) is 5.71. The number of methoxy groups -OCH3 is 1. The van der Waals surface area contributed by atoms with Crippen LogP contribution in [0.5, 0.6) is 0 Å². The van der Waals surface area contributed by atoms with Gasteiger partial charge in [0, 0.05) is 16.5 Å². The van der Waals surface area contributed by atoms with Crippen molar-refractivity contribution in [1.29, 1.82) is 0 Å². The summed E-state index contributed by atoms with van der Waals surface area (Å²) in [5.74, 6) is -0.456. The Balaban J connectivity index is 1.97. The molecule has 0 bridgehead atoms. The van der Waals surface area contributed by atoms with Gasteiger partial charge in [-0.05, 0) is 24.5 Å². The third-order valence-electron chi connectivity index (χ3n) is 4.16. The van der Waals surface area contributed by atoms with Crippen LogP contribution in [0.1, 0.15) is 28.0 Å². The molecule has 0 saturated heterocycles. The van der Waals surface area contributed by atoms with Crippen molar-refractivity contribution in [2.45, 2.75) is 12.8 Å². The van der Waals surface area contributed by atoms with Gasteiger partial charge in [-0.15, -0.1) is 0 Å². The molecule has 1 aromatic heterocycles. The summed E-state index contributed by atoms with van der Waals surface area (Å²) in [5, 5.41) is 0.797. The molecule has 0 aliphatic rings. The summed E-state index contributed by atoms with van der Waals surface area (Å²) >= 11 is 0. The molecule has 0 saturated carbocycles. The SMILES string of the molecule is COC(=O)/C(=C\CCc1ccccc1)c1[nH]c2ccccc2c1C=O. The minimum Gasteiger partial charge on any atom is -0.465 e. The van der Waals surface area contributed by atoms with Crippen LogP contribution in [0.25, 0.3) is 16.5 Å². The maximum atomic E-state index is 12.3. The van der Waals surface area contributed by atoms with E-state index in [0.717, 1.165) is 23.6 Å². The van der Waals surface area contributed by atoms with Gasteiger partial charge in [-0.1, -0.05) is 54.6 Å². The number of rotatable bonds is 6. The van der Waals surface area contributed by atoms with Crippen molar-refractivity contribution in [3.05, 3.63) is 77.5 Å². The average molecular weight is 333 g/mol. The zero-order chi connectivity index (χ0) is 17.6. The molecular weight excluding hydrogens is 314 g/mol. The number of para-hydroxylation sites is 1. The van der Waals surface area contributed by atoms with Crippen LogP contribution in [0.4, 0.5) is 0 Å². The minimum absolute atomic E-state index is 0.386. The maximum absolute atomic E-state index is 12.3. The Morgan fingerprint density at radius 1 is 1.08 bits per heavy atom. The Hall–Kier alpha value is -3.14. The first-order valence-corrected chi connectivity index (χ1v) is 8.13. The number of hydrogen-bond acceptors (Lipinski definition) is 3. The minimum atomic E-state index is -0.456. The summed E-state index contributed by atoms with van der Waals surface area (Å²) in [7, 11) is 1.34. The highest BCUT2D eigenvalue weighted by molar-refractivity contribution is 6.19. The number of benzene rings is 2. The number of aromatic amines is 1. The van der Waals surface area contributed by atoms with E-state index in [-0.39, 0.29) is 0 Å². The fourth-order valence-electron chi connectivity index (χ4n) is 2.92. The third-order valence-corrected chi connectivity index (χ3v) is 4.16. The molecule has 4 nitrogen and oxygen atoms in total. The lowest BCUT2D eigenvalue weighted by atomic mass is 10.0. The number of allylic oxidation sites excluding steroid dienone is 1. The first-order valence-electron chi connectivity index (χ1n) is 8.13. The number of carbonyl (C=O) groups excluding carboxylic acids is 2. The lowest BCUT2D eigenvalue weighted by Gasteiger charge is -2.05. The first-order chi connectivity index (χ1) is 12.2. The molecule has 0 unspecified atom stereocenters. The number of aryl methyl sites for hydroxylation is 1. The molecule has 25 heavy (non-hydrogen) atoms. The first kappa shape index (κ1) is 16.7. The molecule has 3 aromatic rings. The van der Waals surface area contributed by atoms with Gasteiger partial charge in [-0.2, -0.15) is 0 Å². The van der Waals surface area contributed by atoms with Crippen LogP contribution in [-0.4, -0.2) is 24.3 Å². The molecule has 1 N–H and O–H groups in total. The molecule has 126 valence electrons. The summed E-state index contributed by atoms with van der Waals surface area (Å²) in [6, 6.07) is 17.5. The third kappa shape index (κ3) is 3.53. The van der Waals surface area contributed by atoms with Crippen molar-refractivity contribution < 1.29 is 14.3 Å². The highest BCUT2D eigenvalue weighted by Crippen LogP contribution is 2.27. The molecule has 2 aromatic carbocycles. The lowest BCUT2D eigenvalue weighted by molar-refractivity contribution is -0.133. The maximum Gasteiger partial charge on any atom is 0.339 e. The van der Waals surface area contributed by atoms with Gasteiger partial charge in [0.15, 0.2) is 6.29 Å². The molecular formula is C21H19NO3. The number of H-pyrrole nitrogens is 1. The average Bonchev–Trinajstić information content (AvgIpc) is 3.03. The molecule has 0 fully saturated rings. The molecule has 0 aliphatic heterocycles. The van der Waals surface area contributed by atoms with Gasteiger partial charge in [-0.3, -0.25) is 4.79 Å². The molecule has 0 radical (unpaired) electrons. The summed E-state index contributed by atoms with van der Waals surface area (Å²) in [5.41, 5.74) is 3.38. The Kier molecular flexibility index (Phi) is 5.09. The van der Waals surface area contributed by atoms with E-state index in [4.69, 9.17) is 4.74 Å². The summed E-state index contributed by atoms with van der Waals surface area (Å²) < 4.78 is 4.92. The van der Waals surface area contributed by atoms with Crippen LogP contribution >= 0.6 is 0 Å². The number of aldehydes is 1. The Morgan fingerprint density at radius 3 is 2.52 bits per heavy atom. The van der Waals surface area contributed by atoms with E-state index in [0.29, 0.717) is 23.3 Å². The molecule has 0 aliphatic carbocycles. The van der Waals surface area contributed by atoms with Gasteiger partial charge in [-0.25, -0.2) is 4.79 Å². The van der Waals surface area contributed by atoms with Gasteiger partial charge in [0.2, 0.25) is 0 Å². The van der Waals surface area contributed by atoms with E-state index in [1.165, 1.54) is 12.7 Å². The quantitative estimate of drug-likeness (QED) is 0.418. The summed E-state index contributed by atoms with van der Waals surface area (Å²) in [6.07, 6.45) is 4.08.